The Morgan fingerprint density at radius 1 is 1.10 bits per heavy atom. The fraction of sp³-hybridized carbons (Fsp3) is 0.318. The quantitative estimate of drug-likeness (QED) is 0.618. The molecule has 0 fully saturated rings. The summed E-state index contributed by atoms with van der Waals surface area (Å²) in [6, 6.07) is 6.69. The summed E-state index contributed by atoms with van der Waals surface area (Å²) in [5.41, 5.74) is 15.3. The van der Waals surface area contributed by atoms with Gasteiger partial charge in [-0.15, -0.1) is 0 Å². The molecule has 0 aliphatic carbocycles. The number of halogens is 1. The molecule has 4 N–H and O–H groups in total. The van der Waals surface area contributed by atoms with E-state index >= 15 is 0 Å². The van der Waals surface area contributed by atoms with Crippen molar-refractivity contribution in [1.82, 2.24) is 14.5 Å². The minimum Gasteiger partial charge on any atom is -0.440 e. The predicted octanol–water partition coefficient (Wildman–Crippen LogP) is 3.83. The fourth-order valence-corrected chi connectivity index (χ4v) is 3.41. The molecule has 0 aliphatic heterocycles. The van der Waals surface area contributed by atoms with Crippen LogP contribution in [0.1, 0.15) is 47.6 Å². The van der Waals surface area contributed by atoms with Crippen LogP contribution in [0.5, 0.6) is 11.6 Å². The van der Waals surface area contributed by atoms with Gasteiger partial charge in [0.2, 0.25) is 11.8 Å². The van der Waals surface area contributed by atoms with Crippen molar-refractivity contribution in [2.75, 3.05) is 11.5 Å². The van der Waals surface area contributed by atoms with Crippen LogP contribution in [0.3, 0.4) is 0 Å². The normalized spacial score (nSPS) is 11.2. The summed E-state index contributed by atoms with van der Waals surface area (Å²) in [6.45, 7) is 9.80. The van der Waals surface area contributed by atoms with Gasteiger partial charge in [-0.25, -0.2) is 9.78 Å². The number of pyridine rings is 1. The lowest BCUT2D eigenvalue weighted by Crippen LogP contribution is -2.28. The first-order valence-electron chi connectivity index (χ1n) is 9.64. The van der Waals surface area contributed by atoms with Crippen molar-refractivity contribution in [3.63, 3.8) is 0 Å². The van der Waals surface area contributed by atoms with Gasteiger partial charge in [0.25, 0.3) is 0 Å². The highest BCUT2D eigenvalue weighted by Crippen LogP contribution is 2.35. The number of benzene rings is 1. The maximum absolute atomic E-state index is 13.7. The third-order valence-corrected chi connectivity index (χ3v) is 4.96. The third kappa shape index (κ3) is 4.27. The number of ether oxygens (including phenoxy) is 1. The summed E-state index contributed by atoms with van der Waals surface area (Å²) in [5.74, 6) is 0.254. The molecular weight excluding hydrogens is 385 g/mol. The van der Waals surface area contributed by atoms with Gasteiger partial charge in [0.1, 0.15) is 17.4 Å². The lowest BCUT2D eigenvalue weighted by Gasteiger charge is -2.21. The summed E-state index contributed by atoms with van der Waals surface area (Å²) >= 11 is 0. The van der Waals surface area contributed by atoms with Crippen molar-refractivity contribution in [3.8, 4) is 11.6 Å². The van der Waals surface area contributed by atoms with Crippen molar-refractivity contribution < 1.29 is 9.13 Å². The Morgan fingerprint density at radius 2 is 1.80 bits per heavy atom. The second-order valence-electron chi connectivity index (χ2n) is 7.77. The summed E-state index contributed by atoms with van der Waals surface area (Å²) in [4.78, 5) is 20.3. The van der Waals surface area contributed by atoms with Crippen molar-refractivity contribution in [3.05, 3.63) is 68.5 Å². The van der Waals surface area contributed by atoms with Crippen LogP contribution in [0.2, 0.25) is 0 Å². The highest BCUT2D eigenvalue weighted by Gasteiger charge is 2.22. The lowest BCUT2D eigenvalue weighted by molar-refractivity contribution is 0.410. The molecule has 0 aliphatic rings. The Bertz CT molecular complexity index is 1150. The number of nitrogen functional groups attached to an aromatic ring is 2. The van der Waals surface area contributed by atoms with Gasteiger partial charge in [-0.2, -0.15) is 9.37 Å². The highest BCUT2D eigenvalue weighted by molar-refractivity contribution is 5.51. The van der Waals surface area contributed by atoms with E-state index in [-0.39, 0.29) is 30.0 Å². The van der Waals surface area contributed by atoms with E-state index in [1.807, 2.05) is 40.7 Å². The van der Waals surface area contributed by atoms with Crippen LogP contribution in [0.15, 0.2) is 29.1 Å². The number of hydrogen-bond acceptors (Lipinski definition) is 6. The molecule has 0 unspecified atom stereocenters. The molecular formula is C22H26FN5O2. The van der Waals surface area contributed by atoms with Gasteiger partial charge in [-0.1, -0.05) is 19.9 Å². The Hall–Kier alpha value is -3.42. The number of anilines is 2. The minimum atomic E-state index is -0.724. The zero-order chi connectivity index (χ0) is 22.2. The van der Waals surface area contributed by atoms with E-state index in [0.29, 0.717) is 16.9 Å². The molecule has 158 valence electrons. The highest BCUT2D eigenvalue weighted by atomic mass is 19.1. The Kier molecular flexibility index (Phi) is 5.78. The number of aromatic nitrogens is 3. The smallest absolute Gasteiger partial charge is 0.352 e. The molecule has 0 saturated heterocycles. The standard InChI is InChI=1S/C22H26FN5O2/c1-11(2)19-20(25)27-22(29)28(10-15-8-17(23)26-18(24)9-15)21(19)30-16-7-12(3)6-13(4)14(16)5/h6-9,11H,10H2,1-5H3,(H2,24,26)(H2,25,27,29). The molecule has 0 amide bonds. The van der Waals surface area contributed by atoms with E-state index in [1.165, 1.54) is 16.7 Å². The van der Waals surface area contributed by atoms with E-state index in [4.69, 9.17) is 16.2 Å². The monoisotopic (exact) mass is 411 g/mol. The topological polar surface area (TPSA) is 109 Å². The van der Waals surface area contributed by atoms with Gasteiger partial charge in [-0.05, 0) is 67.1 Å². The van der Waals surface area contributed by atoms with Crippen LogP contribution >= 0.6 is 0 Å². The zero-order valence-electron chi connectivity index (χ0n) is 17.8. The molecule has 3 rings (SSSR count). The molecule has 0 radical (unpaired) electrons. The summed E-state index contributed by atoms with van der Waals surface area (Å²) in [7, 11) is 0. The Labute approximate surface area is 174 Å². The van der Waals surface area contributed by atoms with Crippen LogP contribution in [-0.4, -0.2) is 14.5 Å². The van der Waals surface area contributed by atoms with Gasteiger partial charge in [-0.3, -0.25) is 4.57 Å². The number of nitrogens with two attached hydrogens (primary N) is 2. The predicted molar refractivity (Wildman–Crippen MR) is 115 cm³/mol. The summed E-state index contributed by atoms with van der Waals surface area (Å²) in [5, 5.41) is 0. The maximum atomic E-state index is 13.7. The molecule has 7 nitrogen and oxygen atoms in total. The van der Waals surface area contributed by atoms with Crippen molar-refractivity contribution >= 4 is 11.6 Å². The molecule has 1 aromatic carbocycles. The van der Waals surface area contributed by atoms with Crippen molar-refractivity contribution in [2.45, 2.75) is 47.1 Å². The van der Waals surface area contributed by atoms with Crippen LogP contribution < -0.4 is 21.9 Å². The summed E-state index contributed by atoms with van der Waals surface area (Å²) in [6.07, 6.45) is 0. The SMILES string of the molecule is Cc1cc(C)c(C)c(Oc2c(C(C)C)c(N)nc(=O)n2Cc2cc(N)nc(F)c2)c1. The molecule has 0 bridgehead atoms. The number of rotatable bonds is 5. The van der Waals surface area contributed by atoms with Gasteiger partial charge >= 0.3 is 5.69 Å². The second kappa shape index (κ2) is 8.14. The summed E-state index contributed by atoms with van der Waals surface area (Å²) < 4.78 is 21.4. The van der Waals surface area contributed by atoms with E-state index in [1.54, 1.807) is 0 Å². The van der Waals surface area contributed by atoms with Gasteiger partial charge in [0.15, 0.2) is 0 Å². The van der Waals surface area contributed by atoms with Crippen molar-refractivity contribution in [2.24, 2.45) is 0 Å². The minimum absolute atomic E-state index is 0.00858. The average molecular weight is 411 g/mol. The molecule has 2 aromatic heterocycles. The lowest BCUT2D eigenvalue weighted by atomic mass is 10.0. The van der Waals surface area contributed by atoms with Crippen LogP contribution in [0, 0.1) is 26.7 Å². The zero-order valence-corrected chi connectivity index (χ0v) is 17.8. The Balaban J connectivity index is 2.22. The molecule has 0 spiro atoms. The van der Waals surface area contributed by atoms with Gasteiger partial charge in [0, 0.05) is 0 Å². The van der Waals surface area contributed by atoms with Crippen LogP contribution in [0.4, 0.5) is 16.0 Å². The van der Waals surface area contributed by atoms with E-state index in [9.17, 15) is 9.18 Å². The Morgan fingerprint density at radius 3 is 2.43 bits per heavy atom. The number of hydrogen-bond donors (Lipinski definition) is 2. The van der Waals surface area contributed by atoms with Crippen LogP contribution in [0.25, 0.3) is 0 Å². The fourth-order valence-electron chi connectivity index (χ4n) is 3.41. The first kappa shape index (κ1) is 21.3. The molecule has 8 heteroatoms. The number of aryl methyl sites for hydroxylation is 2. The first-order valence-corrected chi connectivity index (χ1v) is 9.64. The first-order chi connectivity index (χ1) is 14.1. The third-order valence-electron chi connectivity index (χ3n) is 4.96. The maximum Gasteiger partial charge on any atom is 0.352 e. The largest absolute Gasteiger partial charge is 0.440 e. The van der Waals surface area contributed by atoms with E-state index in [0.717, 1.165) is 16.7 Å². The second-order valence-corrected chi connectivity index (χ2v) is 7.77. The molecule has 2 heterocycles. The van der Waals surface area contributed by atoms with Crippen molar-refractivity contribution in [1.29, 1.82) is 0 Å². The molecule has 30 heavy (non-hydrogen) atoms. The molecule has 3 aromatic rings. The average Bonchev–Trinajstić information content (AvgIpc) is 2.61. The van der Waals surface area contributed by atoms with Gasteiger partial charge in [0.05, 0.1) is 12.1 Å². The molecule has 0 saturated carbocycles. The number of nitrogens with zero attached hydrogens (tertiary/aromatic N) is 3. The van der Waals surface area contributed by atoms with Crippen LogP contribution in [-0.2, 0) is 6.54 Å². The van der Waals surface area contributed by atoms with E-state index < -0.39 is 11.6 Å². The van der Waals surface area contributed by atoms with E-state index in [2.05, 4.69) is 16.0 Å². The van der Waals surface area contributed by atoms with Gasteiger partial charge < -0.3 is 16.2 Å². The molecule has 0 atom stereocenters.